The highest BCUT2D eigenvalue weighted by Gasteiger charge is 2.31. The normalized spacial score (nSPS) is 11.2. The van der Waals surface area contributed by atoms with Gasteiger partial charge >= 0.3 is 0 Å². The minimum atomic E-state index is -4.13. The molecule has 0 aromatic heterocycles. The lowest BCUT2D eigenvalue weighted by Gasteiger charge is -2.25. The molecular weight excluding hydrogens is 469 g/mol. The summed E-state index contributed by atoms with van der Waals surface area (Å²) in [4.78, 5) is 13.2. The predicted molar refractivity (Wildman–Crippen MR) is 128 cm³/mol. The van der Waals surface area contributed by atoms with Crippen LogP contribution in [-0.4, -0.2) is 20.9 Å². The van der Waals surface area contributed by atoms with E-state index in [9.17, 15) is 13.2 Å². The maximum Gasteiger partial charge on any atom is 0.270 e. The molecule has 0 radical (unpaired) electrons. The van der Waals surface area contributed by atoms with E-state index in [1.807, 2.05) is 13.0 Å². The average molecular weight is 492 g/mol. The SMILES string of the molecule is Cc1ccc(C)c(N(C(=O)CCCOc2ccc(Cl)cc2)S(=O)(=O)c2ccc(Cl)cc2)c1. The fourth-order valence-corrected chi connectivity index (χ4v) is 4.85. The first-order chi connectivity index (χ1) is 15.2. The van der Waals surface area contributed by atoms with Gasteiger partial charge in [0.15, 0.2) is 0 Å². The van der Waals surface area contributed by atoms with Crippen molar-refractivity contribution in [3.63, 3.8) is 0 Å². The van der Waals surface area contributed by atoms with Gasteiger partial charge in [-0.2, -0.15) is 0 Å². The van der Waals surface area contributed by atoms with Gasteiger partial charge in [0.25, 0.3) is 10.0 Å². The molecule has 3 aromatic carbocycles. The van der Waals surface area contributed by atoms with E-state index in [1.165, 1.54) is 24.3 Å². The Bertz CT molecular complexity index is 1190. The van der Waals surface area contributed by atoms with Crippen molar-refractivity contribution < 1.29 is 17.9 Å². The highest BCUT2D eigenvalue weighted by molar-refractivity contribution is 7.93. The van der Waals surface area contributed by atoms with E-state index in [2.05, 4.69) is 0 Å². The van der Waals surface area contributed by atoms with Crippen molar-refractivity contribution in [3.05, 3.63) is 87.9 Å². The van der Waals surface area contributed by atoms with E-state index in [4.69, 9.17) is 27.9 Å². The molecule has 0 spiro atoms. The van der Waals surface area contributed by atoms with Crippen molar-refractivity contribution in [2.45, 2.75) is 31.6 Å². The number of carbonyl (C=O) groups excluding carboxylic acids is 1. The van der Waals surface area contributed by atoms with Gasteiger partial charge in [0.05, 0.1) is 17.2 Å². The molecule has 0 saturated carbocycles. The number of hydrogen-bond donors (Lipinski definition) is 0. The molecule has 5 nitrogen and oxygen atoms in total. The van der Waals surface area contributed by atoms with Gasteiger partial charge in [-0.05, 0) is 86.0 Å². The number of carbonyl (C=O) groups is 1. The van der Waals surface area contributed by atoms with Crippen LogP contribution in [0.4, 0.5) is 5.69 Å². The van der Waals surface area contributed by atoms with Crippen molar-refractivity contribution in [1.82, 2.24) is 0 Å². The second-order valence-electron chi connectivity index (χ2n) is 7.31. The number of sulfonamides is 1. The number of aryl methyl sites for hydroxylation is 2. The maximum atomic E-state index is 13.5. The van der Waals surface area contributed by atoms with Crippen LogP contribution >= 0.6 is 23.2 Å². The summed E-state index contributed by atoms with van der Waals surface area (Å²) in [5.41, 5.74) is 1.86. The van der Waals surface area contributed by atoms with Gasteiger partial charge in [0.2, 0.25) is 5.91 Å². The summed E-state index contributed by atoms with van der Waals surface area (Å²) in [6.45, 7) is 3.88. The number of ether oxygens (including phenoxy) is 1. The van der Waals surface area contributed by atoms with Crippen molar-refractivity contribution in [1.29, 1.82) is 0 Å². The average Bonchev–Trinajstić information content (AvgIpc) is 2.75. The molecule has 1 amide bonds. The zero-order valence-electron chi connectivity index (χ0n) is 17.7. The summed E-state index contributed by atoms with van der Waals surface area (Å²) in [6.07, 6.45) is 0.340. The predicted octanol–water partition coefficient (Wildman–Crippen LogP) is 6.19. The molecule has 168 valence electrons. The lowest BCUT2D eigenvalue weighted by molar-refractivity contribution is -0.117. The molecule has 3 rings (SSSR count). The minimum absolute atomic E-state index is 0.00595. The second kappa shape index (κ2) is 10.4. The van der Waals surface area contributed by atoms with Gasteiger partial charge < -0.3 is 4.74 Å². The maximum absolute atomic E-state index is 13.5. The lowest BCUT2D eigenvalue weighted by atomic mass is 10.1. The number of rotatable bonds is 8. The Kier molecular flexibility index (Phi) is 7.82. The van der Waals surface area contributed by atoms with E-state index in [0.717, 1.165) is 9.87 Å². The fourth-order valence-electron chi connectivity index (χ4n) is 3.09. The van der Waals surface area contributed by atoms with Gasteiger partial charge in [-0.15, -0.1) is 0 Å². The molecule has 0 fully saturated rings. The summed E-state index contributed by atoms with van der Waals surface area (Å²) in [6, 6.07) is 18.0. The summed E-state index contributed by atoms with van der Waals surface area (Å²) >= 11 is 11.8. The van der Waals surface area contributed by atoms with Crippen LogP contribution in [0.3, 0.4) is 0 Å². The molecule has 0 aliphatic heterocycles. The molecule has 3 aromatic rings. The third-order valence-corrected chi connectivity index (χ3v) is 7.03. The van der Waals surface area contributed by atoms with Crippen LogP contribution in [0.15, 0.2) is 71.6 Å². The van der Waals surface area contributed by atoms with Crippen LogP contribution in [0.2, 0.25) is 10.0 Å². The molecule has 32 heavy (non-hydrogen) atoms. The molecule has 0 saturated heterocycles. The smallest absolute Gasteiger partial charge is 0.270 e. The Morgan fingerprint density at radius 1 is 0.906 bits per heavy atom. The summed E-state index contributed by atoms with van der Waals surface area (Å²) in [7, 11) is -4.13. The second-order valence-corrected chi connectivity index (χ2v) is 9.97. The Hall–Kier alpha value is -2.54. The Morgan fingerprint density at radius 3 is 2.12 bits per heavy atom. The number of amides is 1. The number of benzene rings is 3. The van der Waals surface area contributed by atoms with E-state index < -0.39 is 15.9 Å². The number of halogens is 2. The number of nitrogens with zero attached hydrogens (tertiary/aromatic N) is 1. The first-order valence-electron chi connectivity index (χ1n) is 9.98. The number of hydrogen-bond acceptors (Lipinski definition) is 4. The van der Waals surface area contributed by atoms with Crippen LogP contribution in [0.25, 0.3) is 0 Å². The molecule has 0 N–H and O–H groups in total. The van der Waals surface area contributed by atoms with E-state index in [-0.39, 0.29) is 17.9 Å². The third-order valence-electron chi connectivity index (χ3n) is 4.78. The van der Waals surface area contributed by atoms with Gasteiger partial charge in [0.1, 0.15) is 5.75 Å². The largest absolute Gasteiger partial charge is 0.494 e. The third kappa shape index (κ3) is 5.82. The highest BCUT2D eigenvalue weighted by atomic mass is 35.5. The topological polar surface area (TPSA) is 63.7 Å². The Balaban J connectivity index is 1.83. The fraction of sp³-hybridized carbons (Fsp3) is 0.208. The van der Waals surface area contributed by atoms with Crippen LogP contribution in [0.1, 0.15) is 24.0 Å². The molecular formula is C24H23Cl2NO4S. The first kappa shape index (κ1) is 24.1. The molecule has 0 bridgehead atoms. The van der Waals surface area contributed by atoms with Crippen molar-refractivity contribution in [3.8, 4) is 5.75 Å². The van der Waals surface area contributed by atoms with Crippen LogP contribution in [0.5, 0.6) is 5.75 Å². The quantitative estimate of drug-likeness (QED) is 0.352. The van der Waals surface area contributed by atoms with Gasteiger partial charge in [-0.1, -0.05) is 35.3 Å². The van der Waals surface area contributed by atoms with Crippen molar-refractivity contribution in [2.75, 3.05) is 10.9 Å². The minimum Gasteiger partial charge on any atom is -0.494 e. The summed E-state index contributed by atoms with van der Waals surface area (Å²) in [5, 5.41) is 1.01. The molecule has 0 atom stereocenters. The van der Waals surface area contributed by atoms with Crippen LogP contribution in [0, 0.1) is 13.8 Å². The molecule has 0 aliphatic carbocycles. The molecule has 0 unspecified atom stereocenters. The monoisotopic (exact) mass is 491 g/mol. The Morgan fingerprint density at radius 2 is 1.50 bits per heavy atom. The van der Waals surface area contributed by atoms with E-state index >= 15 is 0 Å². The van der Waals surface area contributed by atoms with Gasteiger partial charge in [0, 0.05) is 16.5 Å². The standard InChI is InChI=1S/C24H23Cl2NO4S/c1-17-5-6-18(2)23(16-17)27(32(29,30)22-13-9-20(26)10-14-22)24(28)4-3-15-31-21-11-7-19(25)8-12-21/h5-14,16H,3-4,15H2,1-2H3. The molecule has 0 heterocycles. The van der Waals surface area contributed by atoms with Gasteiger partial charge in [-0.25, -0.2) is 12.7 Å². The van der Waals surface area contributed by atoms with Crippen molar-refractivity contribution >= 4 is 44.8 Å². The Labute approximate surface area is 198 Å². The molecule has 0 aliphatic rings. The lowest BCUT2D eigenvalue weighted by Crippen LogP contribution is -2.37. The summed E-state index contributed by atoms with van der Waals surface area (Å²) < 4.78 is 33.4. The van der Waals surface area contributed by atoms with Crippen LogP contribution < -0.4 is 9.04 Å². The number of anilines is 1. The van der Waals surface area contributed by atoms with E-state index in [0.29, 0.717) is 33.5 Å². The van der Waals surface area contributed by atoms with Crippen LogP contribution in [-0.2, 0) is 14.8 Å². The summed E-state index contributed by atoms with van der Waals surface area (Å²) in [5.74, 6) is 0.0929. The van der Waals surface area contributed by atoms with Crippen molar-refractivity contribution in [2.24, 2.45) is 0 Å². The van der Waals surface area contributed by atoms with E-state index in [1.54, 1.807) is 43.3 Å². The first-order valence-corrected chi connectivity index (χ1v) is 12.2. The zero-order valence-corrected chi connectivity index (χ0v) is 20.0. The zero-order chi connectivity index (χ0) is 23.3. The van der Waals surface area contributed by atoms with Gasteiger partial charge in [-0.3, -0.25) is 4.79 Å². The molecule has 8 heteroatoms. The highest BCUT2D eigenvalue weighted by Crippen LogP contribution is 2.29.